The van der Waals surface area contributed by atoms with E-state index in [2.05, 4.69) is 4.84 Å². The van der Waals surface area contributed by atoms with Crippen LogP contribution in [-0.2, 0) is 11.4 Å². The first-order valence-electron chi connectivity index (χ1n) is 4.37. The molecule has 84 valence electrons. The van der Waals surface area contributed by atoms with Gasteiger partial charge in [0.15, 0.2) is 11.5 Å². The number of ether oxygens (including phenoxy) is 2. The van der Waals surface area contributed by atoms with Crippen molar-refractivity contribution in [3.8, 4) is 11.5 Å². The molecule has 0 amide bonds. The summed E-state index contributed by atoms with van der Waals surface area (Å²) in [6.07, 6.45) is 0. The molecule has 0 aromatic heterocycles. The molecule has 0 aliphatic carbocycles. The second-order valence-electron chi connectivity index (χ2n) is 3.02. The minimum absolute atomic E-state index is 0.284. The van der Waals surface area contributed by atoms with Gasteiger partial charge in [-0.05, 0) is 24.1 Å². The summed E-state index contributed by atoms with van der Waals surface area (Å²) < 4.78 is 10.3. The predicted octanol–water partition coefficient (Wildman–Crippen LogP) is 2.06. The minimum atomic E-state index is 0.284. The fraction of sp³-hybridized carbons (Fsp3) is 0.400. The maximum Gasteiger partial charge on any atom is 0.179 e. The maximum absolute atomic E-state index is 6.12. The van der Waals surface area contributed by atoms with Crippen LogP contribution < -0.4 is 15.4 Å². The zero-order valence-corrected chi connectivity index (χ0v) is 9.72. The predicted molar refractivity (Wildman–Crippen MR) is 58.3 cm³/mol. The molecule has 0 saturated heterocycles. The van der Waals surface area contributed by atoms with Crippen molar-refractivity contribution in [1.82, 2.24) is 0 Å². The molecular weight excluding hydrogens is 218 g/mol. The first-order valence-corrected chi connectivity index (χ1v) is 4.75. The van der Waals surface area contributed by atoms with Gasteiger partial charge in [-0.1, -0.05) is 11.6 Å². The summed E-state index contributed by atoms with van der Waals surface area (Å²) in [4.78, 5) is 4.58. The Hall–Kier alpha value is -0.970. The SMILES string of the molecule is COc1cc(CON)c(C)c(Cl)c1OC. The number of halogens is 1. The molecular formula is C10H14ClNO3. The molecule has 0 spiro atoms. The van der Waals surface area contributed by atoms with Crippen LogP contribution in [0, 0.1) is 6.92 Å². The highest BCUT2D eigenvalue weighted by Gasteiger charge is 2.15. The monoisotopic (exact) mass is 231 g/mol. The van der Waals surface area contributed by atoms with Crippen molar-refractivity contribution in [3.05, 3.63) is 22.2 Å². The van der Waals surface area contributed by atoms with Gasteiger partial charge < -0.3 is 9.47 Å². The van der Waals surface area contributed by atoms with Crippen LogP contribution in [0.4, 0.5) is 0 Å². The van der Waals surface area contributed by atoms with Crippen LogP contribution in [0.2, 0.25) is 5.02 Å². The Morgan fingerprint density at radius 1 is 1.33 bits per heavy atom. The van der Waals surface area contributed by atoms with E-state index in [0.29, 0.717) is 16.5 Å². The lowest BCUT2D eigenvalue weighted by atomic mass is 10.1. The van der Waals surface area contributed by atoms with Gasteiger partial charge in [0.25, 0.3) is 0 Å². The van der Waals surface area contributed by atoms with Crippen LogP contribution in [-0.4, -0.2) is 14.2 Å². The summed E-state index contributed by atoms with van der Waals surface area (Å²) >= 11 is 6.12. The molecule has 1 aromatic rings. The average molecular weight is 232 g/mol. The summed E-state index contributed by atoms with van der Waals surface area (Å²) in [5.74, 6) is 6.12. The third kappa shape index (κ3) is 2.34. The van der Waals surface area contributed by atoms with Crippen LogP contribution in [0.3, 0.4) is 0 Å². The van der Waals surface area contributed by atoms with Crippen molar-refractivity contribution in [1.29, 1.82) is 0 Å². The fourth-order valence-electron chi connectivity index (χ4n) is 1.33. The highest BCUT2D eigenvalue weighted by molar-refractivity contribution is 6.33. The number of methoxy groups -OCH3 is 2. The van der Waals surface area contributed by atoms with Gasteiger partial charge >= 0.3 is 0 Å². The van der Waals surface area contributed by atoms with Gasteiger partial charge in [-0.15, -0.1) is 0 Å². The van der Waals surface area contributed by atoms with Gasteiger partial charge in [-0.2, -0.15) is 0 Å². The Balaban J connectivity index is 3.29. The Morgan fingerprint density at radius 2 is 2.00 bits per heavy atom. The number of hydrogen-bond donors (Lipinski definition) is 1. The molecule has 0 heterocycles. The van der Waals surface area contributed by atoms with E-state index in [1.165, 1.54) is 0 Å². The zero-order chi connectivity index (χ0) is 11.4. The van der Waals surface area contributed by atoms with Crippen molar-refractivity contribution < 1.29 is 14.3 Å². The molecule has 1 aromatic carbocycles. The fourth-order valence-corrected chi connectivity index (χ4v) is 1.62. The average Bonchev–Trinajstić information content (AvgIpc) is 2.24. The molecule has 0 unspecified atom stereocenters. The third-order valence-electron chi connectivity index (χ3n) is 2.20. The highest BCUT2D eigenvalue weighted by Crippen LogP contribution is 2.39. The maximum atomic E-state index is 6.12. The highest BCUT2D eigenvalue weighted by atomic mass is 35.5. The van der Waals surface area contributed by atoms with Crippen LogP contribution >= 0.6 is 11.6 Å². The summed E-state index contributed by atoms with van der Waals surface area (Å²) in [6, 6.07) is 1.80. The van der Waals surface area contributed by atoms with Crippen LogP contribution in [0.15, 0.2) is 6.07 Å². The molecule has 0 fully saturated rings. The van der Waals surface area contributed by atoms with Gasteiger partial charge in [0.1, 0.15) is 0 Å². The molecule has 5 heteroatoms. The number of hydrogen-bond acceptors (Lipinski definition) is 4. The molecule has 0 aliphatic rings. The van der Waals surface area contributed by atoms with Gasteiger partial charge in [-0.3, -0.25) is 4.84 Å². The van der Waals surface area contributed by atoms with Crippen LogP contribution in [0.5, 0.6) is 11.5 Å². The van der Waals surface area contributed by atoms with Gasteiger partial charge in [0.05, 0.1) is 25.8 Å². The van der Waals surface area contributed by atoms with E-state index in [1.807, 2.05) is 6.92 Å². The topological polar surface area (TPSA) is 53.7 Å². The Morgan fingerprint density at radius 3 is 2.47 bits per heavy atom. The molecule has 0 atom stereocenters. The van der Waals surface area contributed by atoms with E-state index in [9.17, 15) is 0 Å². The lowest BCUT2D eigenvalue weighted by Crippen LogP contribution is -2.03. The number of benzene rings is 1. The lowest BCUT2D eigenvalue weighted by Gasteiger charge is -2.14. The molecule has 0 aliphatic heterocycles. The molecule has 2 N–H and O–H groups in total. The van der Waals surface area contributed by atoms with Crippen LogP contribution in [0.1, 0.15) is 11.1 Å². The molecule has 15 heavy (non-hydrogen) atoms. The van der Waals surface area contributed by atoms with Gasteiger partial charge in [0, 0.05) is 0 Å². The normalized spacial score (nSPS) is 10.2. The third-order valence-corrected chi connectivity index (χ3v) is 2.66. The second-order valence-corrected chi connectivity index (χ2v) is 3.40. The van der Waals surface area contributed by atoms with Crippen molar-refractivity contribution in [2.45, 2.75) is 13.5 Å². The van der Waals surface area contributed by atoms with Gasteiger partial charge in [0.2, 0.25) is 0 Å². The van der Waals surface area contributed by atoms with E-state index in [0.717, 1.165) is 11.1 Å². The van der Waals surface area contributed by atoms with E-state index in [4.69, 9.17) is 27.0 Å². The smallest absolute Gasteiger partial charge is 0.179 e. The lowest BCUT2D eigenvalue weighted by molar-refractivity contribution is 0.123. The summed E-state index contributed by atoms with van der Waals surface area (Å²) in [5.41, 5.74) is 1.75. The van der Waals surface area contributed by atoms with Gasteiger partial charge in [-0.25, -0.2) is 5.90 Å². The summed E-state index contributed by atoms with van der Waals surface area (Å²) in [5, 5.41) is 0.518. The molecule has 0 radical (unpaired) electrons. The molecule has 0 saturated carbocycles. The second kappa shape index (κ2) is 5.21. The Labute approximate surface area is 93.8 Å². The van der Waals surface area contributed by atoms with E-state index in [-0.39, 0.29) is 6.61 Å². The minimum Gasteiger partial charge on any atom is -0.493 e. The largest absolute Gasteiger partial charge is 0.493 e. The standard InChI is InChI=1S/C10H14ClNO3/c1-6-7(5-15-12)4-8(13-2)10(14-3)9(6)11/h4H,5,12H2,1-3H3. The zero-order valence-electron chi connectivity index (χ0n) is 8.96. The quantitative estimate of drug-likeness (QED) is 0.806. The Kier molecular flexibility index (Phi) is 4.20. The van der Waals surface area contributed by atoms with Crippen LogP contribution in [0.25, 0.3) is 0 Å². The number of rotatable bonds is 4. The van der Waals surface area contributed by atoms with Crippen molar-refractivity contribution in [2.75, 3.05) is 14.2 Å². The van der Waals surface area contributed by atoms with E-state index < -0.39 is 0 Å². The van der Waals surface area contributed by atoms with E-state index in [1.54, 1.807) is 20.3 Å². The first-order chi connectivity index (χ1) is 7.15. The summed E-state index contributed by atoms with van der Waals surface area (Å²) in [6.45, 7) is 2.16. The number of nitrogens with two attached hydrogens (primary N) is 1. The Bertz CT molecular complexity index is 355. The summed E-state index contributed by atoms with van der Waals surface area (Å²) in [7, 11) is 3.10. The van der Waals surface area contributed by atoms with Crippen molar-refractivity contribution in [2.24, 2.45) is 5.90 Å². The molecule has 1 rings (SSSR count). The molecule has 0 bridgehead atoms. The first kappa shape index (κ1) is 12.1. The molecule has 4 nitrogen and oxygen atoms in total. The van der Waals surface area contributed by atoms with E-state index >= 15 is 0 Å². The van der Waals surface area contributed by atoms with Crippen molar-refractivity contribution >= 4 is 11.6 Å². The van der Waals surface area contributed by atoms with Crippen molar-refractivity contribution in [3.63, 3.8) is 0 Å².